The van der Waals surface area contributed by atoms with Crippen molar-refractivity contribution in [1.29, 1.82) is 0 Å². The Balaban J connectivity index is 2.43. The second-order valence-corrected chi connectivity index (χ2v) is 4.27. The van der Waals surface area contributed by atoms with Gasteiger partial charge in [-0.1, -0.05) is 24.8 Å². The predicted octanol–water partition coefficient (Wildman–Crippen LogP) is 3.02. The van der Waals surface area contributed by atoms with E-state index in [1.807, 2.05) is 6.92 Å². The second-order valence-electron chi connectivity index (χ2n) is 4.27. The lowest BCUT2D eigenvalue weighted by Gasteiger charge is -2.13. The average Bonchev–Trinajstić information content (AvgIpc) is 2.61. The molecule has 0 aliphatic carbocycles. The van der Waals surface area contributed by atoms with Gasteiger partial charge in [0.25, 0.3) is 0 Å². The Morgan fingerprint density at radius 1 is 1.47 bits per heavy atom. The van der Waals surface area contributed by atoms with Gasteiger partial charge in [-0.25, -0.2) is 0 Å². The lowest BCUT2D eigenvalue weighted by molar-refractivity contribution is 0.572. The molecule has 0 atom stereocenters. The molecule has 0 unspecified atom stereocenters. The molecule has 0 N–H and O–H groups in total. The number of hydrogen-bond acceptors (Lipinski definition) is 1. The number of para-hydroxylation sites is 1. The van der Waals surface area contributed by atoms with E-state index >= 15 is 0 Å². The molecule has 0 bridgehead atoms. The molecule has 76 valence electrons. The average molecular weight is 198 g/mol. The van der Waals surface area contributed by atoms with E-state index < -0.39 is 0 Å². The zero-order valence-corrected chi connectivity index (χ0v) is 8.95. The number of allylic oxidation sites excluding steroid dienone is 1. The molecule has 0 spiro atoms. The summed E-state index contributed by atoms with van der Waals surface area (Å²) in [7, 11) is 0. The molecule has 2 nitrogen and oxygen atoms in total. The zero-order chi connectivity index (χ0) is 10.4. The number of aryl methyl sites for hydroxylation is 2. The van der Waals surface area contributed by atoms with E-state index in [0.717, 1.165) is 17.8 Å². The fourth-order valence-electron chi connectivity index (χ4n) is 2.41. The lowest BCUT2D eigenvalue weighted by atomic mass is 10.0. The Hall–Kier alpha value is -1.57. The van der Waals surface area contributed by atoms with Gasteiger partial charge in [-0.3, -0.25) is 4.68 Å². The van der Waals surface area contributed by atoms with Crippen molar-refractivity contribution in [3.8, 4) is 0 Å². The van der Waals surface area contributed by atoms with Crippen molar-refractivity contribution in [2.45, 2.75) is 26.3 Å². The van der Waals surface area contributed by atoms with E-state index in [1.54, 1.807) is 0 Å². The van der Waals surface area contributed by atoms with Gasteiger partial charge in [-0.2, -0.15) is 5.10 Å². The summed E-state index contributed by atoms with van der Waals surface area (Å²) in [4.78, 5) is 0. The molecule has 0 saturated carbocycles. The van der Waals surface area contributed by atoms with Gasteiger partial charge in [0.1, 0.15) is 0 Å². The van der Waals surface area contributed by atoms with Crippen molar-refractivity contribution in [2.75, 3.05) is 0 Å². The highest BCUT2D eigenvalue weighted by molar-refractivity contribution is 5.92. The van der Waals surface area contributed by atoms with Crippen LogP contribution in [0.25, 0.3) is 16.5 Å². The largest absolute Gasteiger partial charge is 0.264 e. The number of rotatable bonds is 1. The molecular formula is C13H14N2. The molecule has 15 heavy (non-hydrogen) atoms. The Morgan fingerprint density at radius 3 is 3.13 bits per heavy atom. The summed E-state index contributed by atoms with van der Waals surface area (Å²) in [6.07, 6.45) is 2.38. The maximum atomic E-state index is 4.64. The van der Waals surface area contributed by atoms with Crippen molar-refractivity contribution in [3.05, 3.63) is 36.0 Å². The summed E-state index contributed by atoms with van der Waals surface area (Å²) in [6, 6.07) is 6.49. The number of benzene rings is 1. The molecule has 0 radical (unpaired) electrons. The smallest absolute Gasteiger partial charge is 0.0953 e. The highest BCUT2D eigenvalue weighted by Crippen LogP contribution is 2.29. The van der Waals surface area contributed by atoms with Crippen LogP contribution in [0.15, 0.2) is 24.8 Å². The summed E-state index contributed by atoms with van der Waals surface area (Å²) < 4.78 is 2.14. The first-order chi connectivity index (χ1) is 7.27. The Labute approximate surface area is 89.2 Å². The van der Waals surface area contributed by atoms with Crippen LogP contribution in [-0.4, -0.2) is 9.78 Å². The SMILES string of the molecule is C=C(C)c1nn2c3c(cccc13)CCC2. The Bertz CT molecular complexity index is 549. The molecule has 2 heterocycles. The standard InChI is InChI=1S/C13H14N2/c1-9(2)12-11-7-3-5-10-6-4-8-15(14-12)13(10)11/h3,5,7H,1,4,6,8H2,2H3. The quantitative estimate of drug-likeness (QED) is 0.688. The van der Waals surface area contributed by atoms with Gasteiger partial charge >= 0.3 is 0 Å². The van der Waals surface area contributed by atoms with Crippen LogP contribution < -0.4 is 0 Å². The van der Waals surface area contributed by atoms with Gasteiger partial charge in [-0.05, 0) is 30.9 Å². The molecular weight excluding hydrogens is 184 g/mol. The van der Waals surface area contributed by atoms with Crippen LogP contribution in [0.3, 0.4) is 0 Å². The van der Waals surface area contributed by atoms with Crippen molar-refractivity contribution < 1.29 is 0 Å². The zero-order valence-electron chi connectivity index (χ0n) is 8.95. The minimum absolute atomic E-state index is 1.04. The van der Waals surface area contributed by atoms with E-state index in [1.165, 1.54) is 29.3 Å². The van der Waals surface area contributed by atoms with Crippen LogP contribution in [0.5, 0.6) is 0 Å². The van der Waals surface area contributed by atoms with Crippen molar-refractivity contribution in [3.63, 3.8) is 0 Å². The lowest BCUT2D eigenvalue weighted by Crippen LogP contribution is -2.08. The second kappa shape index (κ2) is 2.96. The third-order valence-corrected chi connectivity index (χ3v) is 3.07. The van der Waals surface area contributed by atoms with Crippen LogP contribution in [0.1, 0.15) is 24.6 Å². The number of hydrogen-bond donors (Lipinski definition) is 0. The normalized spacial score (nSPS) is 14.5. The van der Waals surface area contributed by atoms with Crippen molar-refractivity contribution in [2.24, 2.45) is 0 Å². The van der Waals surface area contributed by atoms with Crippen LogP contribution >= 0.6 is 0 Å². The summed E-state index contributed by atoms with van der Waals surface area (Å²) in [5.74, 6) is 0. The third-order valence-electron chi connectivity index (χ3n) is 3.07. The first-order valence-electron chi connectivity index (χ1n) is 5.41. The summed E-state index contributed by atoms with van der Waals surface area (Å²) >= 11 is 0. The molecule has 1 aliphatic heterocycles. The van der Waals surface area contributed by atoms with Crippen molar-refractivity contribution in [1.82, 2.24) is 9.78 Å². The van der Waals surface area contributed by atoms with Gasteiger partial charge in [0.2, 0.25) is 0 Å². The number of aromatic nitrogens is 2. The topological polar surface area (TPSA) is 17.8 Å². The van der Waals surface area contributed by atoms with E-state index in [4.69, 9.17) is 0 Å². The van der Waals surface area contributed by atoms with E-state index in [-0.39, 0.29) is 0 Å². The summed E-state index contributed by atoms with van der Waals surface area (Å²) in [5.41, 5.74) is 4.87. The van der Waals surface area contributed by atoms with Crippen LogP contribution in [0, 0.1) is 0 Å². The van der Waals surface area contributed by atoms with Gasteiger partial charge < -0.3 is 0 Å². The summed E-state index contributed by atoms with van der Waals surface area (Å²) in [6.45, 7) is 7.06. The van der Waals surface area contributed by atoms with Gasteiger partial charge in [0.05, 0.1) is 11.2 Å². The number of nitrogens with zero attached hydrogens (tertiary/aromatic N) is 2. The van der Waals surface area contributed by atoms with E-state index in [0.29, 0.717) is 0 Å². The highest BCUT2D eigenvalue weighted by atomic mass is 15.3. The van der Waals surface area contributed by atoms with Gasteiger partial charge in [0.15, 0.2) is 0 Å². The molecule has 2 heteroatoms. The first kappa shape index (κ1) is 8.72. The third kappa shape index (κ3) is 1.14. The molecule has 0 amide bonds. The van der Waals surface area contributed by atoms with Gasteiger partial charge in [0, 0.05) is 11.9 Å². The minimum Gasteiger partial charge on any atom is -0.264 e. The minimum atomic E-state index is 1.04. The first-order valence-corrected chi connectivity index (χ1v) is 5.41. The maximum absolute atomic E-state index is 4.64. The molecule has 2 aromatic rings. The molecule has 0 saturated heterocycles. The molecule has 0 fully saturated rings. The molecule has 1 aromatic carbocycles. The molecule has 1 aliphatic rings. The van der Waals surface area contributed by atoms with Crippen molar-refractivity contribution >= 4 is 16.5 Å². The van der Waals surface area contributed by atoms with Crippen LogP contribution in [-0.2, 0) is 13.0 Å². The predicted molar refractivity (Wildman–Crippen MR) is 62.8 cm³/mol. The molecule has 1 aromatic heterocycles. The fraction of sp³-hybridized carbons (Fsp3) is 0.308. The Morgan fingerprint density at radius 2 is 2.33 bits per heavy atom. The van der Waals surface area contributed by atoms with E-state index in [2.05, 4.69) is 34.6 Å². The summed E-state index contributed by atoms with van der Waals surface area (Å²) in [5, 5.41) is 5.90. The van der Waals surface area contributed by atoms with Crippen LogP contribution in [0.4, 0.5) is 0 Å². The highest BCUT2D eigenvalue weighted by Gasteiger charge is 2.16. The van der Waals surface area contributed by atoms with E-state index in [9.17, 15) is 0 Å². The van der Waals surface area contributed by atoms with Gasteiger partial charge in [-0.15, -0.1) is 0 Å². The van der Waals surface area contributed by atoms with Crippen LogP contribution in [0.2, 0.25) is 0 Å². The fourth-order valence-corrected chi connectivity index (χ4v) is 2.41. The maximum Gasteiger partial charge on any atom is 0.0953 e. The Kier molecular flexibility index (Phi) is 1.72. The monoisotopic (exact) mass is 198 g/mol. The molecule has 3 rings (SSSR count).